The second-order valence-electron chi connectivity index (χ2n) is 8.14. The number of esters is 1. The minimum Gasteiger partial charge on any atom is -0.467 e. The molecule has 1 fully saturated rings. The first-order valence-corrected chi connectivity index (χ1v) is 10.2. The Bertz CT molecular complexity index is 904. The van der Waals surface area contributed by atoms with Gasteiger partial charge in [-0.25, -0.2) is 14.8 Å². The standard InChI is InChI=1S/C22H30N4O3/c1-13(2)19(21(28)29-5)25-20(27)16-8-10-26(11-9-16)22-23-15(4)17-12-14(3)6-7-18(17)24-22/h6-7,12-13,16,19H,8-11H2,1-5H3,(H,25,27)/t19-/m0/s1. The maximum Gasteiger partial charge on any atom is 0.328 e. The fourth-order valence-corrected chi connectivity index (χ4v) is 3.76. The molecule has 1 aliphatic heterocycles. The molecule has 1 aromatic carbocycles. The number of methoxy groups -OCH3 is 1. The molecule has 1 N–H and O–H groups in total. The van der Waals surface area contributed by atoms with Crippen LogP contribution in [0.25, 0.3) is 10.9 Å². The van der Waals surface area contributed by atoms with Gasteiger partial charge < -0.3 is 15.0 Å². The number of benzene rings is 1. The first kappa shape index (κ1) is 21.0. The van der Waals surface area contributed by atoms with Crippen LogP contribution in [0.5, 0.6) is 0 Å². The van der Waals surface area contributed by atoms with Crippen molar-refractivity contribution in [3.05, 3.63) is 29.5 Å². The summed E-state index contributed by atoms with van der Waals surface area (Å²) in [7, 11) is 1.34. The first-order chi connectivity index (χ1) is 13.8. The van der Waals surface area contributed by atoms with Gasteiger partial charge in [0.2, 0.25) is 11.9 Å². The molecular weight excluding hydrogens is 368 g/mol. The maximum absolute atomic E-state index is 12.7. The van der Waals surface area contributed by atoms with Crippen molar-refractivity contribution < 1.29 is 14.3 Å². The highest BCUT2D eigenvalue weighted by molar-refractivity contribution is 5.86. The van der Waals surface area contributed by atoms with Gasteiger partial charge in [0.1, 0.15) is 6.04 Å². The van der Waals surface area contributed by atoms with Crippen molar-refractivity contribution in [3.8, 4) is 0 Å². The van der Waals surface area contributed by atoms with Crippen LogP contribution in [0.3, 0.4) is 0 Å². The summed E-state index contributed by atoms with van der Waals surface area (Å²) in [5, 5.41) is 3.94. The zero-order valence-electron chi connectivity index (χ0n) is 17.9. The molecule has 0 spiro atoms. The third-order valence-corrected chi connectivity index (χ3v) is 5.60. The summed E-state index contributed by atoms with van der Waals surface area (Å²) in [5.41, 5.74) is 3.10. The van der Waals surface area contributed by atoms with E-state index in [-0.39, 0.29) is 17.7 Å². The molecule has 1 saturated heterocycles. The lowest BCUT2D eigenvalue weighted by Crippen LogP contribution is -2.49. The fourth-order valence-electron chi connectivity index (χ4n) is 3.76. The number of nitrogens with zero attached hydrogens (tertiary/aromatic N) is 3. The van der Waals surface area contributed by atoms with Gasteiger partial charge in [-0.3, -0.25) is 4.79 Å². The quantitative estimate of drug-likeness (QED) is 0.780. The highest BCUT2D eigenvalue weighted by Crippen LogP contribution is 2.25. The van der Waals surface area contributed by atoms with Crippen LogP contribution in [0.4, 0.5) is 5.95 Å². The summed E-state index contributed by atoms with van der Waals surface area (Å²) in [6, 6.07) is 5.58. The van der Waals surface area contributed by atoms with Gasteiger partial charge >= 0.3 is 5.97 Å². The molecule has 2 aromatic rings. The number of carbonyl (C=O) groups excluding carboxylic acids is 2. The number of rotatable bonds is 5. The maximum atomic E-state index is 12.7. The van der Waals surface area contributed by atoms with E-state index >= 15 is 0 Å². The average Bonchev–Trinajstić information content (AvgIpc) is 2.71. The average molecular weight is 399 g/mol. The van der Waals surface area contributed by atoms with Gasteiger partial charge in [0, 0.05) is 24.4 Å². The zero-order chi connectivity index (χ0) is 21.1. The van der Waals surface area contributed by atoms with E-state index in [9.17, 15) is 9.59 Å². The summed E-state index contributed by atoms with van der Waals surface area (Å²) in [6.45, 7) is 9.27. The van der Waals surface area contributed by atoms with Crippen LogP contribution in [-0.2, 0) is 14.3 Å². The Kier molecular flexibility index (Phi) is 6.35. The number of hydrogen-bond donors (Lipinski definition) is 1. The second kappa shape index (κ2) is 8.76. The number of anilines is 1. The van der Waals surface area contributed by atoms with Crippen molar-refractivity contribution in [1.29, 1.82) is 0 Å². The highest BCUT2D eigenvalue weighted by Gasteiger charge is 2.31. The summed E-state index contributed by atoms with van der Waals surface area (Å²) >= 11 is 0. The number of hydrogen-bond acceptors (Lipinski definition) is 6. The number of piperidine rings is 1. The molecule has 156 valence electrons. The van der Waals surface area contributed by atoms with Crippen molar-refractivity contribution >= 4 is 28.7 Å². The van der Waals surface area contributed by atoms with Crippen molar-refractivity contribution in [2.45, 2.75) is 46.6 Å². The van der Waals surface area contributed by atoms with E-state index in [0.29, 0.717) is 31.9 Å². The van der Waals surface area contributed by atoms with Crippen molar-refractivity contribution in [2.24, 2.45) is 11.8 Å². The molecule has 7 nitrogen and oxygen atoms in total. The predicted molar refractivity (Wildman–Crippen MR) is 113 cm³/mol. The Morgan fingerprint density at radius 3 is 2.48 bits per heavy atom. The molecule has 0 aliphatic carbocycles. The topological polar surface area (TPSA) is 84.4 Å². The fraction of sp³-hybridized carbons (Fsp3) is 0.545. The van der Waals surface area contributed by atoms with Crippen LogP contribution in [0, 0.1) is 25.7 Å². The molecule has 1 atom stereocenters. The molecule has 7 heteroatoms. The van der Waals surface area contributed by atoms with E-state index in [0.717, 1.165) is 16.6 Å². The van der Waals surface area contributed by atoms with Crippen LogP contribution >= 0.6 is 0 Å². The number of nitrogens with one attached hydrogen (secondary N) is 1. The number of carbonyl (C=O) groups is 2. The molecule has 0 saturated carbocycles. The van der Waals surface area contributed by atoms with Crippen LogP contribution in [0.1, 0.15) is 37.9 Å². The van der Waals surface area contributed by atoms with Crippen molar-refractivity contribution in [3.63, 3.8) is 0 Å². The monoisotopic (exact) mass is 398 g/mol. The van der Waals surface area contributed by atoms with E-state index < -0.39 is 12.0 Å². The van der Waals surface area contributed by atoms with E-state index in [1.54, 1.807) is 0 Å². The van der Waals surface area contributed by atoms with Gasteiger partial charge in [-0.1, -0.05) is 25.5 Å². The molecule has 2 heterocycles. The summed E-state index contributed by atoms with van der Waals surface area (Å²) in [4.78, 5) is 36.1. The Hall–Kier alpha value is -2.70. The van der Waals surface area contributed by atoms with Crippen molar-refractivity contribution in [2.75, 3.05) is 25.1 Å². The van der Waals surface area contributed by atoms with Gasteiger partial charge in [0.25, 0.3) is 0 Å². The second-order valence-corrected chi connectivity index (χ2v) is 8.14. The smallest absolute Gasteiger partial charge is 0.328 e. The number of fused-ring (bicyclic) bond motifs is 1. The summed E-state index contributed by atoms with van der Waals surface area (Å²) in [6.07, 6.45) is 1.40. The van der Waals surface area contributed by atoms with Gasteiger partial charge in [-0.15, -0.1) is 0 Å². The largest absolute Gasteiger partial charge is 0.467 e. The molecule has 1 aliphatic rings. The molecule has 0 unspecified atom stereocenters. The summed E-state index contributed by atoms with van der Waals surface area (Å²) in [5.74, 6) is 0.0821. The predicted octanol–water partition coefficient (Wildman–Crippen LogP) is 2.78. The van der Waals surface area contributed by atoms with Crippen LogP contribution in [0.15, 0.2) is 18.2 Å². The van der Waals surface area contributed by atoms with Crippen molar-refractivity contribution in [1.82, 2.24) is 15.3 Å². The van der Waals surface area contributed by atoms with Crippen LogP contribution in [0.2, 0.25) is 0 Å². The minimum atomic E-state index is -0.611. The Labute approximate surface area is 171 Å². The van der Waals surface area contributed by atoms with Gasteiger partial charge in [0.15, 0.2) is 0 Å². The lowest BCUT2D eigenvalue weighted by atomic mass is 9.94. The number of aromatic nitrogens is 2. The molecule has 3 rings (SSSR count). The van der Waals surface area contributed by atoms with E-state index in [1.165, 1.54) is 12.7 Å². The van der Waals surface area contributed by atoms with Crippen LogP contribution < -0.4 is 10.2 Å². The number of ether oxygens (including phenoxy) is 1. The van der Waals surface area contributed by atoms with E-state index in [1.807, 2.05) is 26.8 Å². The zero-order valence-corrected chi connectivity index (χ0v) is 17.9. The van der Waals surface area contributed by atoms with E-state index in [2.05, 4.69) is 29.3 Å². The van der Waals surface area contributed by atoms with Gasteiger partial charge in [-0.05, 0) is 44.7 Å². The number of amides is 1. The molecule has 1 amide bonds. The lowest BCUT2D eigenvalue weighted by molar-refractivity contribution is -0.147. The Morgan fingerprint density at radius 2 is 1.86 bits per heavy atom. The van der Waals surface area contributed by atoms with E-state index in [4.69, 9.17) is 14.7 Å². The minimum absolute atomic E-state index is 0.0240. The lowest BCUT2D eigenvalue weighted by Gasteiger charge is -2.32. The molecule has 0 radical (unpaired) electrons. The SMILES string of the molecule is COC(=O)[C@@H](NC(=O)C1CCN(c2nc(C)c3cc(C)ccc3n2)CC1)C(C)C. The molecule has 1 aromatic heterocycles. The Balaban J connectivity index is 1.66. The normalized spacial score (nSPS) is 16.1. The Morgan fingerprint density at radius 1 is 1.17 bits per heavy atom. The molecule has 29 heavy (non-hydrogen) atoms. The number of aryl methyl sites for hydroxylation is 2. The molecular formula is C22H30N4O3. The summed E-state index contributed by atoms with van der Waals surface area (Å²) < 4.78 is 4.81. The van der Waals surface area contributed by atoms with Gasteiger partial charge in [0.05, 0.1) is 18.3 Å². The van der Waals surface area contributed by atoms with Gasteiger partial charge in [-0.2, -0.15) is 0 Å². The third kappa shape index (κ3) is 4.66. The highest BCUT2D eigenvalue weighted by atomic mass is 16.5. The molecule has 0 bridgehead atoms. The van der Waals surface area contributed by atoms with Crippen LogP contribution in [-0.4, -0.2) is 48.1 Å². The third-order valence-electron chi connectivity index (χ3n) is 5.60. The first-order valence-electron chi connectivity index (χ1n) is 10.2.